The minimum absolute atomic E-state index is 0.0275. The Morgan fingerprint density at radius 3 is 2.16 bits per heavy atom. The lowest BCUT2D eigenvalue weighted by molar-refractivity contribution is -0.121. The molecule has 19 heavy (non-hydrogen) atoms. The van der Waals surface area contributed by atoms with Crippen molar-refractivity contribution in [1.29, 1.82) is 0 Å². The van der Waals surface area contributed by atoms with Crippen LogP contribution in [0.4, 0.5) is 0 Å². The van der Waals surface area contributed by atoms with Crippen molar-refractivity contribution in [1.82, 2.24) is 5.32 Å². The van der Waals surface area contributed by atoms with Gasteiger partial charge < -0.3 is 5.32 Å². The summed E-state index contributed by atoms with van der Waals surface area (Å²) >= 11 is 0. The smallest absolute Gasteiger partial charge is 0.220 e. The minimum Gasteiger partial charge on any atom is -0.353 e. The lowest BCUT2D eigenvalue weighted by atomic mass is 10.0. The number of nitrogens with one attached hydrogen (secondary N) is 1. The topological polar surface area (TPSA) is 46.2 Å². The molecule has 0 unspecified atom stereocenters. The largest absolute Gasteiger partial charge is 0.353 e. The maximum absolute atomic E-state index is 11.9. The van der Waals surface area contributed by atoms with Crippen LogP contribution in [-0.4, -0.2) is 17.7 Å². The van der Waals surface area contributed by atoms with Gasteiger partial charge >= 0.3 is 0 Å². The Hall–Kier alpha value is -1.64. The fourth-order valence-electron chi connectivity index (χ4n) is 1.90. The number of rotatable bonds is 7. The molecule has 0 saturated heterocycles. The summed E-state index contributed by atoms with van der Waals surface area (Å²) in [5.74, 6) is -0.00569. The molecule has 1 rings (SSSR count). The number of benzene rings is 1. The first-order valence-corrected chi connectivity index (χ1v) is 6.96. The van der Waals surface area contributed by atoms with Gasteiger partial charge in [-0.2, -0.15) is 0 Å². The van der Waals surface area contributed by atoms with Crippen molar-refractivity contribution in [2.24, 2.45) is 0 Å². The highest BCUT2D eigenvalue weighted by Crippen LogP contribution is 2.08. The molecule has 3 nitrogen and oxygen atoms in total. The van der Waals surface area contributed by atoms with E-state index in [0.717, 1.165) is 18.4 Å². The second-order valence-corrected chi connectivity index (χ2v) is 4.87. The normalized spacial score (nSPS) is 10.5. The zero-order chi connectivity index (χ0) is 14.3. The van der Waals surface area contributed by atoms with E-state index in [4.69, 9.17) is 0 Å². The van der Waals surface area contributed by atoms with E-state index in [2.05, 4.69) is 5.32 Å². The van der Waals surface area contributed by atoms with Crippen LogP contribution in [0.1, 0.15) is 55.5 Å². The van der Waals surface area contributed by atoms with Crippen molar-refractivity contribution in [2.45, 2.75) is 52.5 Å². The molecule has 0 bridgehead atoms. The summed E-state index contributed by atoms with van der Waals surface area (Å²) in [6.07, 6.45) is 2.39. The maximum Gasteiger partial charge on any atom is 0.220 e. The number of ketones is 1. The van der Waals surface area contributed by atoms with E-state index in [1.807, 2.05) is 45.0 Å². The molecule has 0 aliphatic carbocycles. The summed E-state index contributed by atoms with van der Waals surface area (Å²) in [7, 11) is 0. The molecule has 1 aromatic carbocycles. The van der Waals surface area contributed by atoms with E-state index >= 15 is 0 Å². The fraction of sp³-hybridized carbons (Fsp3) is 0.500. The maximum atomic E-state index is 11.9. The molecule has 104 valence electrons. The SMILES string of the molecule is CCC(CC)NC(=O)CCC(=O)c1ccc(C)cc1. The highest BCUT2D eigenvalue weighted by molar-refractivity contribution is 5.97. The van der Waals surface area contributed by atoms with Crippen LogP contribution in [0, 0.1) is 6.92 Å². The molecule has 0 spiro atoms. The number of carbonyl (C=O) groups is 2. The third-order valence-electron chi connectivity index (χ3n) is 3.30. The average Bonchev–Trinajstić information content (AvgIpc) is 2.43. The third kappa shape index (κ3) is 5.25. The number of hydrogen-bond acceptors (Lipinski definition) is 2. The number of Topliss-reactive ketones (excluding diaryl/α,β-unsaturated/α-hetero) is 1. The van der Waals surface area contributed by atoms with Gasteiger partial charge in [0.05, 0.1) is 0 Å². The summed E-state index contributed by atoms with van der Waals surface area (Å²) in [6.45, 7) is 6.08. The Kier molecular flexibility index (Phi) is 6.26. The first-order valence-electron chi connectivity index (χ1n) is 6.96. The molecule has 0 aliphatic heterocycles. The minimum atomic E-state index is -0.0332. The van der Waals surface area contributed by atoms with Crippen LogP contribution in [0.3, 0.4) is 0 Å². The Balaban J connectivity index is 2.41. The van der Waals surface area contributed by atoms with E-state index in [1.165, 1.54) is 0 Å². The standard InChI is InChI=1S/C16H23NO2/c1-4-14(5-2)17-16(19)11-10-15(18)13-8-6-12(3)7-9-13/h6-9,14H,4-5,10-11H2,1-3H3,(H,17,19). The quantitative estimate of drug-likeness (QED) is 0.766. The van der Waals surface area contributed by atoms with Gasteiger partial charge in [0.25, 0.3) is 0 Å². The van der Waals surface area contributed by atoms with Gasteiger partial charge in [-0.1, -0.05) is 43.7 Å². The van der Waals surface area contributed by atoms with E-state index in [9.17, 15) is 9.59 Å². The van der Waals surface area contributed by atoms with Crippen molar-refractivity contribution in [2.75, 3.05) is 0 Å². The molecule has 1 N–H and O–H groups in total. The van der Waals surface area contributed by atoms with Gasteiger partial charge in [0.15, 0.2) is 5.78 Å². The predicted octanol–water partition coefficient (Wildman–Crippen LogP) is 3.26. The molecule has 1 aromatic rings. The molecule has 0 heterocycles. The van der Waals surface area contributed by atoms with E-state index in [0.29, 0.717) is 5.56 Å². The molecule has 0 fully saturated rings. The molecule has 1 amide bonds. The van der Waals surface area contributed by atoms with Crippen molar-refractivity contribution in [3.8, 4) is 0 Å². The highest BCUT2D eigenvalue weighted by Gasteiger charge is 2.11. The average molecular weight is 261 g/mol. The van der Waals surface area contributed by atoms with Gasteiger partial charge in [0, 0.05) is 24.4 Å². The van der Waals surface area contributed by atoms with Crippen LogP contribution in [0.5, 0.6) is 0 Å². The van der Waals surface area contributed by atoms with Gasteiger partial charge in [-0.05, 0) is 19.8 Å². The molecular formula is C16H23NO2. The van der Waals surface area contributed by atoms with Crippen LogP contribution >= 0.6 is 0 Å². The molecule has 0 saturated carbocycles. The molecule has 0 aromatic heterocycles. The zero-order valence-corrected chi connectivity index (χ0v) is 12.0. The summed E-state index contributed by atoms with van der Waals surface area (Å²) in [5, 5.41) is 2.94. The van der Waals surface area contributed by atoms with Gasteiger partial charge in [-0.3, -0.25) is 9.59 Å². The van der Waals surface area contributed by atoms with E-state index in [-0.39, 0.29) is 30.6 Å². The molecule has 0 aliphatic rings. The molecular weight excluding hydrogens is 238 g/mol. The highest BCUT2D eigenvalue weighted by atomic mass is 16.2. The summed E-state index contributed by atoms with van der Waals surface area (Å²) in [4.78, 5) is 23.6. The monoisotopic (exact) mass is 261 g/mol. The Morgan fingerprint density at radius 2 is 1.63 bits per heavy atom. The van der Waals surface area contributed by atoms with Crippen molar-refractivity contribution in [3.63, 3.8) is 0 Å². The predicted molar refractivity (Wildman–Crippen MR) is 77.3 cm³/mol. The van der Waals surface area contributed by atoms with Crippen LogP contribution < -0.4 is 5.32 Å². The molecule has 3 heteroatoms. The van der Waals surface area contributed by atoms with Gasteiger partial charge in [0.1, 0.15) is 0 Å². The number of hydrogen-bond donors (Lipinski definition) is 1. The third-order valence-corrected chi connectivity index (χ3v) is 3.30. The lowest BCUT2D eigenvalue weighted by Gasteiger charge is -2.14. The first kappa shape index (κ1) is 15.4. The van der Waals surface area contributed by atoms with Crippen molar-refractivity contribution < 1.29 is 9.59 Å². The molecule has 0 atom stereocenters. The van der Waals surface area contributed by atoms with E-state index in [1.54, 1.807) is 0 Å². The molecule has 0 radical (unpaired) electrons. The van der Waals surface area contributed by atoms with Crippen LogP contribution in [0.2, 0.25) is 0 Å². The van der Waals surface area contributed by atoms with Crippen LogP contribution in [-0.2, 0) is 4.79 Å². The second-order valence-electron chi connectivity index (χ2n) is 4.87. The summed E-state index contributed by atoms with van der Waals surface area (Å²) in [5.41, 5.74) is 1.81. The second kappa shape index (κ2) is 7.72. The Bertz CT molecular complexity index is 419. The summed E-state index contributed by atoms with van der Waals surface area (Å²) < 4.78 is 0. The van der Waals surface area contributed by atoms with Crippen molar-refractivity contribution in [3.05, 3.63) is 35.4 Å². The Labute approximate surface area is 115 Å². The number of aryl methyl sites for hydroxylation is 1. The number of carbonyl (C=O) groups excluding carboxylic acids is 2. The number of amides is 1. The lowest BCUT2D eigenvalue weighted by Crippen LogP contribution is -2.33. The van der Waals surface area contributed by atoms with E-state index < -0.39 is 0 Å². The van der Waals surface area contributed by atoms with Crippen LogP contribution in [0.15, 0.2) is 24.3 Å². The zero-order valence-electron chi connectivity index (χ0n) is 12.0. The van der Waals surface area contributed by atoms with Gasteiger partial charge in [-0.15, -0.1) is 0 Å². The van der Waals surface area contributed by atoms with Gasteiger partial charge in [-0.25, -0.2) is 0 Å². The van der Waals surface area contributed by atoms with Gasteiger partial charge in [0.2, 0.25) is 5.91 Å². The first-order chi connectivity index (χ1) is 9.06. The van der Waals surface area contributed by atoms with Crippen molar-refractivity contribution >= 4 is 11.7 Å². The Morgan fingerprint density at radius 1 is 1.05 bits per heavy atom. The van der Waals surface area contributed by atoms with Crippen LogP contribution in [0.25, 0.3) is 0 Å². The summed E-state index contributed by atoms with van der Waals surface area (Å²) in [6, 6.07) is 7.68. The fourth-order valence-corrected chi connectivity index (χ4v) is 1.90.